The third-order valence-electron chi connectivity index (χ3n) is 2.94. The molecule has 14 heavy (non-hydrogen) atoms. The smallest absolute Gasteiger partial charge is 0.181 e. The molecule has 1 unspecified atom stereocenters. The second kappa shape index (κ2) is 2.58. The standard InChI is InChI=1S/C11H11NO2/c1-11(4-5-14-11)8-2-3-9-10(6-8)13-7-12-9/h2-3,6-7H,4-5H2,1H3. The molecule has 1 atom stereocenters. The van der Waals surface area contributed by atoms with Crippen molar-refractivity contribution in [2.45, 2.75) is 18.9 Å². The van der Waals surface area contributed by atoms with Crippen LogP contribution in [0.4, 0.5) is 0 Å². The summed E-state index contributed by atoms with van der Waals surface area (Å²) in [6.45, 7) is 2.96. The maximum absolute atomic E-state index is 5.57. The summed E-state index contributed by atoms with van der Waals surface area (Å²) in [5.41, 5.74) is 2.80. The Morgan fingerprint density at radius 2 is 2.29 bits per heavy atom. The van der Waals surface area contributed by atoms with Crippen LogP contribution in [0.15, 0.2) is 29.0 Å². The number of hydrogen-bond donors (Lipinski definition) is 0. The molecule has 0 radical (unpaired) electrons. The topological polar surface area (TPSA) is 35.3 Å². The van der Waals surface area contributed by atoms with Crippen LogP contribution in [0.2, 0.25) is 0 Å². The predicted molar refractivity (Wildman–Crippen MR) is 51.9 cm³/mol. The molecule has 1 fully saturated rings. The molecule has 2 aromatic rings. The van der Waals surface area contributed by atoms with E-state index in [1.54, 1.807) is 0 Å². The molecule has 0 saturated carbocycles. The van der Waals surface area contributed by atoms with Crippen LogP contribution in [0.3, 0.4) is 0 Å². The first kappa shape index (κ1) is 8.00. The van der Waals surface area contributed by atoms with Gasteiger partial charge in [-0.25, -0.2) is 4.98 Å². The highest BCUT2D eigenvalue weighted by molar-refractivity contribution is 5.73. The van der Waals surface area contributed by atoms with E-state index in [2.05, 4.69) is 18.0 Å². The van der Waals surface area contributed by atoms with E-state index in [9.17, 15) is 0 Å². The number of nitrogens with zero attached hydrogens (tertiary/aromatic N) is 1. The quantitative estimate of drug-likeness (QED) is 0.691. The average Bonchev–Trinajstić information content (AvgIpc) is 2.60. The van der Waals surface area contributed by atoms with Crippen molar-refractivity contribution < 1.29 is 9.15 Å². The second-order valence-corrected chi connectivity index (χ2v) is 3.86. The minimum atomic E-state index is -0.110. The average molecular weight is 189 g/mol. The molecule has 0 aliphatic carbocycles. The number of rotatable bonds is 1. The van der Waals surface area contributed by atoms with Crippen molar-refractivity contribution in [2.75, 3.05) is 6.61 Å². The van der Waals surface area contributed by atoms with Gasteiger partial charge in [-0.1, -0.05) is 6.07 Å². The summed E-state index contributed by atoms with van der Waals surface area (Å²) in [7, 11) is 0. The van der Waals surface area contributed by atoms with Crippen molar-refractivity contribution in [3.63, 3.8) is 0 Å². The van der Waals surface area contributed by atoms with Gasteiger partial charge in [0, 0.05) is 6.42 Å². The minimum absolute atomic E-state index is 0.110. The summed E-state index contributed by atoms with van der Waals surface area (Å²) < 4.78 is 10.8. The largest absolute Gasteiger partial charge is 0.443 e. The first-order valence-corrected chi connectivity index (χ1v) is 4.76. The lowest BCUT2D eigenvalue weighted by Gasteiger charge is -2.39. The fourth-order valence-corrected chi connectivity index (χ4v) is 1.82. The van der Waals surface area contributed by atoms with Crippen LogP contribution >= 0.6 is 0 Å². The van der Waals surface area contributed by atoms with Crippen LogP contribution in [-0.4, -0.2) is 11.6 Å². The molecule has 1 aromatic carbocycles. The van der Waals surface area contributed by atoms with Crippen LogP contribution in [-0.2, 0) is 10.3 Å². The van der Waals surface area contributed by atoms with Crippen molar-refractivity contribution in [3.8, 4) is 0 Å². The molecule has 3 heteroatoms. The Hall–Kier alpha value is -1.35. The van der Waals surface area contributed by atoms with Crippen molar-refractivity contribution in [1.29, 1.82) is 0 Å². The summed E-state index contributed by atoms with van der Waals surface area (Å²) in [4.78, 5) is 4.08. The molecule has 0 N–H and O–H groups in total. The SMILES string of the molecule is CC1(c2ccc3ncoc3c2)CCO1. The Labute approximate surface area is 81.7 Å². The molecule has 1 aliphatic heterocycles. The second-order valence-electron chi connectivity index (χ2n) is 3.86. The van der Waals surface area contributed by atoms with Crippen LogP contribution in [0.25, 0.3) is 11.1 Å². The Bertz CT molecular complexity index is 471. The number of oxazole rings is 1. The lowest BCUT2D eigenvalue weighted by molar-refractivity contribution is -0.140. The van der Waals surface area contributed by atoms with Gasteiger partial charge >= 0.3 is 0 Å². The summed E-state index contributed by atoms with van der Waals surface area (Å²) in [6, 6.07) is 6.05. The Morgan fingerprint density at radius 3 is 3.00 bits per heavy atom. The number of aromatic nitrogens is 1. The first-order valence-electron chi connectivity index (χ1n) is 4.76. The molecule has 1 saturated heterocycles. The summed E-state index contributed by atoms with van der Waals surface area (Å²) in [5, 5.41) is 0. The Balaban J connectivity index is 2.13. The van der Waals surface area contributed by atoms with Crippen LogP contribution < -0.4 is 0 Å². The van der Waals surface area contributed by atoms with Gasteiger partial charge in [0.25, 0.3) is 0 Å². The zero-order valence-electron chi connectivity index (χ0n) is 7.99. The van der Waals surface area contributed by atoms with Gasteiger partial charge in [0.15, 0.2) is 12.0 Å². The van der Waals surface area contributed by atoms with Gasteiger partial charge < -0.3 is 9.15 Å². The van der Waals surface area contributed by atoms with E-state index < -0.39 is 0 Å². The van der Waals surface area contributed by atoms with E-state index in [0.29, 0.717) is 0 Å². The molecule has 72 valence electrons. The first-order chi connectivity index (χ1) is 6.78. The monoisotopic (exact) mass is 189 g/mol. The predicted octanol–water partition coefficient (Wildman–Crippen LogP) is 2.46. The summed E-state index contributed by atoms with van der Waals surface area (Å²) in [6.07, 6.45) is 2.55. The fourth-order valence-electron chi connectivity index (χ4n) is 1.82. The molecule has 0 spiro atoms. The molecule has 0 bridgehead atoms. The summed E-state index contributed by atoms with van der Waals surface area (Å²) in [5.74, 6) is 0. The number of hydrogen-bond acceptors (Lipinski definition) is 3. The zero-order valence-corrected chi connectivity index (χ0v) is 7.99. The van der Waals surface area contributed by atoms with E-state index in [1.165, 1.54) is 12.0 Å². The van der Waals surface area contributed by atoms with Gasteiger partial charge in [-0.15, -0.1) is 0 Å². The van der Waals surface area contributed by atoms with Crippen molar-refractivity contribution in [1.82, 2.24) is 4.98 Å². The third kappa shape index (κ3) is 0.990. The lowest BCUT2D eigenvalue weighted by Crippen LogP contribution is -2.37. The van der Waals surface area contributed by atoms with Gasteiger partial charge in [-0.3, -0.25) is 0 Å². The number of fused-ring (bicyclic) bond motifs is 1. The van der Waals surface area contributed by atoms with Crippen LogP contribution in [0.1, 0.15) is 18.9 Å². The van der Waals surface area contributed by atoms with Gasteiger partial charge in [0.05, 0.1) is 12.2 Å². The molecule has 3 rings (SSSR count). The highest BCUT2D eigenvalue weighted by Crippen LogP contribution is 2.37. The Kier molecular flexibility index (Phi) is 1.47. The summed E-state index contributed by atoms with van der Waals surface area (Å²) >= 11 is 0. The molecular weight excluding hydrogens is 178 g/mol. The van der Waals surface area contributed by atoms with Crippen molar-refractivity contribution >= 4 is 11.1 Å². The normalized spacial score (nSPS) is 26.4. The molecule has 0 amide bonds. The van der Waals surface area contributed by atoms with E-state index in [-0.39, 0.29) is 5.60 Å². The molecule has 3 nitrogen and oxygen atoms in total. The van der Waals surface area contributed by atoms with E-state index in [1.807, 2.05) is 12.1 Å². The van der Waals surface area contributed by atoms with Crippen molar-refractivity contribution in [3.05, 3.63) is 30.2 Å². The lowest BCUT2D eigenvalue weighted by atomic mass is 9.88. The van der Waals surface area contributed by atoms with Gasteiger partial charge in [-0.05, 0) is 24.6 Å². The highest BCUT2D eigenvalue weighted by atomic mass is 16.5. The van der Waals surface area contributed by atoms with Gasteiger partial charge in [-0.2, -0.15) is 0 Å². The molecule has 2 heterocycles. The van der Waals surface area contributed by atoms with Crippen molar-refractivity contribution in [2.24, 2.45) is 0 Å². The van der Waals surface area contributed by atoms with E-state index >= 15 is 0 Å². The molecule has 1 aromatic heterocycles. The number of benzene rings is 1. The fraction of sp³-hybridized carbons (Fsp3) is 0.364. The van der Waals surface area contributed by atoms with Gasteiger partial charge in [0.2, 0.25) is 0 Å². The minimum Gasteiger partial charge on any atom is -0.443 e. The van der Waals surface area contributed by atoms with Crippen LogP contribution in [0, 0.1) is 0 Å². The van der Waals surface area contributed by atoms with E-state index in [0.717, 1.165) is 24.1 Å². The highest BCUT2D eigenvalue weighted by Gasteiger charge is 2.35. The molecular formula is C11H11NO2. The molecule has 1 aliphatic rings. The maximum atomic E-state index is 5.57. The maximum Gasteiger partial charge on any atom is 0.181 e. The number of ether oxygens (including phenoxy) is 1. The zero-order chi connectivity index (χ0) is 9.60. The Morgan fingerprint density at radius 1 is 1.43 bits per heavy atom. The third-order valence-corrected chi connectivity index (χ3v) is 2.94. The van der Waals surface area contributed by atoms with E-state index in [4.69, 9.17) is 9.15 Å². The van der Waals surface area contributed by atoms with Gasteiger partial charge in [0.1, 0.15) is 5.52 Å². The van der Waals surface area contributed by atoms with Crippen LogP contribution in [0.5, 0.6) is 0 Å².